The van der Waals surface area contributed by atoms with E-state index in [9.17, 15) is 9.59 Å². The summed E-state index contributed by atoms with van der Waals surface area (Å²) in [6.07, 6.45) is 9.97. The van der Waals surface area contributed by atoms with Gasteiger partial charge in [-0.05, 0) is 38.0 Å². The van der Waals surface area contributed by atoms with E-state index < -0.39 is 0 Å². The monoisotopic (exact) mass is 248 g/mol. The van der Waals surface area contributed by atoms with Gasteiger partial charge in [-0.2, -0.15) is 0 Å². The SMILES string of the molecule is O=C1CCN(C2CC=CCC2)C(=O)C(C2CC2)N1. The highest BCUT2D eigenvalue weighted by molar-refractivity contribution is 5.90. The Morgan fingerprint density at radius 1 is 1.17 bits per heavy atom. The molecule has 0 spiro atoms. The molecule has 3 rings (SSSR count). The maximum Gasteiger partial charge on any atom is 0.245 e. The maximum absolute atomic E-state index is 12.6. The zero-order valence-corrected chi connectivity index (χ0v) is 10.6. The molecular weight excluding hydrogens is 228 g/mol. The first kappa shape index (κ1) is 11.8. The highest BCUT2D eigenvalue weighted by atomic mass is 16.2. The molecule has 2 atom stereocenters. The van der Waals surface area contributed by atoms with E-state index in [0.717, 1.165) is 32.1 Å². The van der Waals surface area contributed by atoms with Gasteiger partial charge in [-0.25, -0.2) is 0 Å². The van der Waals surface area contributed by atoms with E-state index in [0.29, 0.717) is 24.9 Å². The molecule has 0 bridgehead atoms. The van der Waals surface area contributed by atoms with Gasteiger partial charge >= 0.3 is 0 Å². The fourth-order valence-corrected chi connectivity index (χ4v) is 2.99. The van der Waals surface area contributed by atoms with Crippen LogP contribution in [-0.4, -0.2) is 35.3 Å². The molecule has 2 aliphatic carbocycles. The second-order valence-electron chi connectivity index (χ2n) is 5.60. The smallest absolute Gasteiger partial charge is 0.245 e. The number of carbonyl (C=O) groups is 2. The van der Waals surface area contributed by atoms with Gasteiger partial charge in [-0.3, -0.25) is 9.59 Å². The van der Waals surface area contributed by atoms with E-state index in [2.05, 4.69) is 17.5 Å². The molecule has 0 aromatic rings. The maximum atomic E-state index is 12.6. The van der Waals surface area contributed by atoms with Gasteiger partial charge in [0, 0.05) is 19.0 Å². The van der Waals surface area contributed by atoms with Crippen molar-refractivity contribution in [1.29, 1.82) is 0 Å². The molecule has 2 amide bonds. The van der Waals surface area contributed by atoms with Crippen LogP contribution in [0.15, 0.2) is 12.2 Å². The van der Waals surface area contributed by atoms with Crippen LogP contribution in [0.1, 0.15) is 38.5 Å². The number of nitrogens with one attached hydrogen (secondary N) is 1. The molecule has 3 aliphatic rings. The van der Waals surface area contributed by atoms with Gasteiger partial charge in [-0.1, -0.05) is 12.2 Å². The summed E-state index contributed by atoms with van der Waals surface area (Å²) in [4.78, 5) is 26.2. The number of amides is 2. The third-order valence-corrected chi connectivity index (χ3v) is 4.22. The van der Waals surface area contributed by atoms with Crippen molar-refractivity contribution in [2.45, 2.75) is 50.6 Å². The molecule has 1 N–H and O–H groups in total. The van der Waals surface area contributed by atoms with E-state index in [1.165, 1.54) is 0 Å². The van der Waals surface area contributed by atoms with E-state index in [-0.39, 0.29) is 17.9 Å². The molecule has 4 nitrogen and oxygen atoms in total. The van der Waals surface area contributed by atoms with Gasteiger partial charge in [0.05, 0.1) is 0 Å². The highest BCUT2D eigenvalue weighted by Gasteiger charge is 2.42. The minimum atomic E-state index is -0.245. The average molecular weight is 248 g/mol. The molecule has 18 heavy (non-hydrogen) atoms. The van der Waals surface area contributed by atoms with Crippen molar-refractivity contribution in [1.82, 2.24) is 10.2 Å². The number of rotatable bonds is 2. The lowest BCUT2D eigenvalue weighted by Crippen LogP contribution is -2.49. The molecule has 1 heterocycles. The Labute approximate surface area is 107 Å². The quantitative estimate of drug-likeness (QED) is 0.747. The van der Waals surface area contributed by atoms with Gasteiger partial charge in [0.2, 0.25) is 11.8 Å². The summed E-state index contributed by atoms with van der Waals surface area (Å²) < 4.78 is 0. The molecular formula is C14H20N2O2. The van der Waals surface area contributed by atoms with Gasteiger partial charge in [0.15, 0.2) is 0 Å². The zero-order valence-electron chi connectivity index (χ0n) is 10.6. The molecule has 4 heteroatoms. The number of hydrogen-bond acceptors (Lipinski definition) is 2. The summed E-state index contributed by atoms with van der Waals surface area (Å²) in [7, 11) is 0. The lowest BCUT2D eigenvalue weighted by atomic mass is 9.99. The normalized spacial score (nSPS) is 33.2. The fraction of sp³-hybridized carbons (Fsp3) is 0.714. The predicted octanol–water partition coefficient (Wildman–Crippen LogP) is 1.22. The summed E-state index contributed by atoms with van der Waals surface area (Å²) in [5.74, 6) is 0.582. The molecule has 1 saturated heterocycles. The standard InChI is InChI=1S/C14H20N2O2/c17-12-8-9-16(11-4-2-1-3-5-11)14(18)13(15-12)10-6-7-10/h1-2,10-11,13H,3-9H2,(H,15,17). The van der Waals surface area contributed by atoms with Crippen molar-refractivity contribution in [3.8, 4) is 0 Å². The van der Waals surface area contributed by atoms with Crippen LogP contribution in [0.25, 0.3) is 0 Å². The molecule has 1 aliphatic heterocycles. The van der Waals surface area contributed by atoms with Crippen LogP contribution >= 0.6 is 0 Å². The summed E-state index contributed by atoms with van der Waals surface area (Å²) in [6, 6.07) is 0.0577. The Morgan fingerprint density at radius 2 is 2.00 bits per heavy atom. The molecule has 0 aromatic carbocycles. The lowest BCUT2D eigenvalue weighted by Gasteiger charge is -2.33. The molecule has 0 aromatic heterocycles. The first-order chi connectivity index (χ1) is 8.75. The van der Waals surface area contributed by atoms with Crippen molar-refractivity contribution in [2.24, 2.45) is 5.92 Å². The van der Waals surface area contributed by atoms with Crippen LogP contribution in [-0.2, 0) is 9.59 Å². The highest BCUT2D eigenvalue weighted by Crippen LogP contribution is 2.35. The average Bonchev–Trinajstić information content (AvgIpc) is 3.21. The van der Waals surface area contributed by atoms with E-state index >= 15 is 0 Å². The molecule has 2 fully saturated rings. The topological polar surface area (TPSA) is 49.4 Å². The Bertz CT molecular complexity index is 387. The lowest BCUT2D eigenvalue weighted by molar-refractivity contribution is -0.136. The van der Waals surface area contributed by atoms with E-state index in [4.69, 9.17) is 0 Å². The second-order valence-corrected chi connectivity index (χ2v) is 5.60. The Kier molecular flexibility index (Phi) is 3.10. The summed E-state index contributed by atoms with van der Waals surface area (Å²) in [6.45, 7) is 0.590. The van der Waals surface area contributed by atoms with Crippen LogP contribution in [0.5, 0.6) is 0 Å². The molecule has 1 saturated carbocycles. The van der Waals surface area contributed by atoms with Crippen LogP contribution in [0, 0.1) is 5.92 Å². The van der Waals surface area contributed by atoms with Crippen LogP contribution in [0.3, 0.4) is 0 Å². The number of nitrogens with zero attached hydrogens (tertiary/aromatic N) is 1. The predicted molar refractivity (Wildman–Crippen MR) is 67.8 cm³/mol. The van der Waals surface area contributed by atoms with E-state index in [1.54, 1.807) is 0 Å². The number of allylic oxidation sites excluding steroid dienone is 1. The fourth-order valence-electron chi connectivity index (χ4n) is 2.99. The second kappa shape index (κ2) is 4.75. The molecule has 2 unspecified atom stereocenters. The summed E-state index contributed by atoms with van der Waals surface area (Å²) >= 11 is 0. The van der Waals surface area contributed by atoms with Crippen LogP contribution < -0.4 is 5.32 Å². The Hall–Kier alpha value is -1.32. The van der Waals surface area contributed by atoms with Gasteiger partial charge in [0.1, 0.15) is 6.04 Å². The van der Waals surface area contributed by atoms with Crippen molar-refractivity contribution in [2.75, 3.05) is 6.54 Å². The summed E-state index contributed by atoms with van der Waals surface area (Å²) in [5.41, 5.74) is 0. The first-order valence-corrected chi connectivity index (χ1v) is 7.00. The molecule has 0 radical (unpaired) electrons. The van der Waals surface area contributed by atoms with Crippen molar-refractivity contribution in [3.05, 3.63) is 12.2 Å². The minimum absolute atomic E-state index is 0.0362. The first-order valence-electron chi connectivity index (χ1n) is 7.00. The number of hydrogen-bond donors (Lipinski definition) is 1. The van der Waals surface area contributed by atoms with E-state index in [1.807, 2.05) is 4.90 Å². The van der Waals surface area contributed by atoms with Gasteiger partial charge in [0.25, 0.3) is 0 Å². The van der Waals surface area contributed by atoms with Crippen molar-refractivity contribution < 1.29 is 9.59 Å². The third-order valence-electron chi connectivity index (χ3n) is 4.22. The van der Waals surface area contributed by atoms with Gasteiger partial charge in [-0.15, -0.1) is 0 Å². The van der Waals surface area contributed by atoms with Crippen LogP contribution in [0.2, 0.25) is 0 Å². The minimum Gasteiger partial charge on any atom is -0.344 e. The van der Waals surface area contributed by atoms with Crippen molar-refractivity contribution in [3.63, 3.8) is 0 Å². The Balaban J connectivity index is 1.77. The zero-order chi connectivity index (χ0) is 12.5. The molecule has 98 valence electrons. The van der Waals surface area contributed by atoms with Gasteiger partial charge < -0.3 is 10.2 Å². The summed E-state index contributed by atoms with van der Waals surface area (Å²) in [5, 5.41) is 2.91. The largest absolute Gasteiger partial charge is 0.344 e. The Morgan fingerprint density at radius 3 is 2.67 bits per heavy atom. The van der Waals surface area contributed by atoms with Crippen LogP contribution in [0.4, 0.5) is 0 Å². The third kappa shape index (κ3) is 2.28. The number of carbonyl (C=O) groups excluding carboxylic acids is 2. The van der Waals surface area contributed by atoms with Crippen molar-refractivity contribution >= 4 is 11.8 Å².